The van der Waals surface area contributed by atoms with Crippen LogP contribution in [0.5, 0.6) is 5.75 Å². The van der Waals surface area contributed by atoms with Gasteiger partial charge in [-0.25, -0.2) is 0 Å². The van der Waals surface area contributed by atoms with Crippen LogP contribution in [0, 0.1) is 0 Å². The number of amides is 1. The summed E-state index contributed by atoms with van der Waals surface area (Å²) >= 11 is 0. The van der Waals surface area contributed by atoms with E-state index in [9.17, 15) is 4.79 Å². The number of carbonyl (C=O) groups is 1. The fourth-order valence-corrected chi connectivity index (χ4v) is 3.72. The van der Waals surface area contributed by atoms with Crippen molar-refractivity contribution in [1.29, 1.82) is 0 Å². The van der Waals surface area contributed by atoms with Crippen molar-refractivity contribution in [3.05, 3.63) is 42.0 Å². The van der Waals surface area contributed by atoms with Crippen molar-refractivity contribution in [2.24, 2.45) is 4.99 Å². The topological polar surface area (TPSA) is 96.7 Å². The Morgan fingerprint density at radius 3 is 2.72 bits per heavy atom. The first-order valence-corrected chi connectivity index (χ1v) is 11.5. The highest BCUT2D eigenvalue weighted by molar-refractivity contribution is 5.79. The molecular formula is C23H35N7O2. The number of aliphatic imine (C=N–C) groups is 1. The second-order valence-corrected chi connectivity index (χ2v) is 7.81. The molecule has 0 saturated carbocycles. The number of ether oxygens (including phenoxy) is 1. The van der Waals surface area contributed by atoms with Gasteiger partial charge in [-0.15, -0.1) is 10.2 Å². The maximum Gasteiger partial charge on any atom is 0.222 e. The van der Waals surface area contributed by atoms with E-state index in [1.54, 1.807) is 13.4 Å². The van der Waals surface area contributed by atoms with Crippen LogP contribution in [0.15, 0.2) is 35.6 Å². The molecule has 0 atom stereocenters. The number of nitrogens with one attached hydrogen (secondary N) is 2. The first-order chi connectivity index (χ1) is 15.7. The Morgan fingerprint density at radius 1 is 1.19 bits per heavy atom. The third-order valence-corrected chi connectivity index (χ3v) is 5.55. The van der Waals surface area contributed by atoms with Gasteiger partial charge in [0.1, 0.15) is 17.9 Å². The highest BCUT2D eigenvalue weighted by Gasteiger charge is 2.18. The molecule has 0 bridgehead atoms. The minimum atomic E-state index is 0.269. The number of nitrogens with zero attached hydrogens (tertiary/aromatic N) is 5. The molecule has 1 aliphatic heterocycles. The summed E-state index contributed by atoms with van der Waals surface area (Å²) in [5.41, 5.74) is 1.24. The number of hydrogen-bond acceptors (Lipinski definition) is 5. The lowest BCUT2D eigenvalue weighted by molar-refractivity contribution is -0.127. The maximum atomic E-state index is 11.8. The van der Waals surface area contributed by atoms with Crippen LogP contribution in [0.3, 0.4) is 0 Å². The SMILES string of the molecule is CCc1nncn1CCNC(=NCCCN1CCCC1=O)NCCc1ccc(OC)cc1. The normalized spacial score (nSPS) is 14.1. The molecule has 0 unspecified atom stereocenters. The number of benzene rings is 1. The summed E-state index contributed by atoms with van der Waals surface area (Å²) in [7, 11) is 1.67. The van der Waals surface area contributed by atoms with E-state index in [0.29, 0.717) is 13.0 Å². The van der Waals surface area contributed by atoms with Gasteiger partial charge in [-0.2, -0.15) is 0 Å². The largest absolute Gasteiger partial charge is 0.497 e. The van der Waals surface area contributed by atoms with Gasteiger partial charge in [0.2, 0.25) is 5.91 Å². The van der Waals surface area contributed by atoms with Crippen molar-refractivity contribution in [3.8, 4) is 5.75 Å². The number of guanidine groups is 1. The molecule has 3 rings (SSSR count). The molecule has 0 spiro atoms. The van der Waals surface area contributed by atoms with E-state index in [0.717, 1.165) is 75.9 Å². The van der Waals surface area contributed by atoms with Crippen LogP contribution in [0.4, 0.5) is 0 Å². The Kier molecular flexibility index (Phi) is 9.34. The van der Waals surface area contributed by atoms with Gasteiger partial charge in [-0.3, -0.25) is 9.79 Å². The maximum absolute atomic E-state index is 11.8. The summed E-state index contributed by atoms with van der Waals surface area (Å²) in [5, 5.41) is 15.0. The summed E-state index contributed by atoms with van der Waals surface area (Å²) in [6.07, 6.45) is 6.04. The fraction of sp³-hybridized carbons (Fsp3) is 0.565. The summed E-state index contributed by atoms with van der Waals surface area (Å²) in [4.78, 5) is 18.4. The molecule has 1 aromatic heterocycles. The average Bonchev–Trinajstić information content (AvgIpc) is 3.45. The molecule has 1 fully saturated rings. The van der Waals surface area contributed by atoms with Gasteiger partial charge in [0.15, 0.2) is 5.96 Å². The number of aryl methyl sites for hydroxylation is 1. The number of aromatic nitrogens is 3. The quantitative estimate of drug-likeness (QED) is 0.295. The summed E-state index contributed by atoms with van der Waals surface area (Å²) in [6, 6.07) is 8.12. The number of carbonyl (C=O) groups excluding carboxylic acids is 1. The lowest BCUT2D eigenvalue weighted by Crippen LogP contribution is -2.40. The molecule has 1 saturated heterocycles. The third kappa shape index (κ3) is 7.25. The molecule has 1 aromatic carbocycles. The third-order valence-electron chi connectivity index (χ3n) is 5.55. The van der Waals surface area contributed by atoms with Gasteiger partial charge in [-0.05, 0) is 37.0 Å². The van der Waals surface area contributed by atoms with Crippen LogP contribution in [0.2, 0.25) is 0 Å². The monoisotopic (exact) mass is 441 g/mol. The van der Waals surface area contributed by atoms with Gasteiger partial charge in [0, 0.05) is 52.1 Å². The van der Waals surface area contributed by atoms with Crippen molar-refractivity contribution in [2.75, 3.05) is 39.8 Å². The van der Waals surface area contributed by atoms with Crippen LogP contribution in [0.25, 0.3) is 0 Å². The minimum Gasteiger partial charge on any atom is -0.497 e. The number of methoxy groups -OCH3 is 1. The van der Waals surface area contributed by atoms with Crippen molar-refractivity contribution in [1.82, 2.24) is 30.3 Å². The Bertz CT molecular complexity index is 863. The summed E-state index contributed by atoms with van der Waals surface area (Å²) in [6.45, 7) is 6.69. The zero-order valence-corrected chi connectivity index (χ0v) is 19.2. The van der Waals surface area contributed by atoms with E-state index >= 15 is 0 Å². The first kappa shape index (κ1) is 23.6. The minimum absolute atomic E-state index is 0.269. The molecule has 0 aliphatic carbocycles. The number of hydrogen-bond donors (Lipinski definition) is 2. The van der Waals surface area contributed by atoms with Crippen LogP contribution in [-0.4, -0.2) is 71.4 Å². The average molecular weight is 442 g/mol. The molecule has 1 aliphatic rings. The number of likely N-dealkylation sites (tertiary alicyclic amines) is 1. The van der Waals surface area contributed by atoms with Crippen LogP contribution >= 0.6 is 0 Å². The second kappa shape index (κ2) is 12.7. The van der Waals surface area contributed by atoms with E-state index in [1.165, 1.54) is 5.56 Å². The molecule has 9 nitrogen and oxygen atoms in total. The van der Waals surface area contributed by atoms with Crippen LogP contribution in [0.1, 0.15) is 37.6 Å². The van der Waals surface area contributed by atoms with E-state index in [4.69, 9.17) is 9.73 Å². The molecule has 0 radical (unpaired) electrons. The predicted octanol–water partition coefficient (Wildman–Crippen LogP) is 1.64. The molecular weight excluding hydrogens is 406 g/mol. The standard InChI is InChI=1S/C23H35N7O2/c1-3-21-28-27-18-30(21)17-14-26-23(24-12-5-16-29-15-4-6-22(29)31)25-13-11-19-7-9-20(32-2)10-8-19/h7-10,18H,3-6,11-17H2,1-2H3,(H2,24,25,26). The van der Waals surface area contributed by atoms with Crippen LogP contribution in [-0.2, 0) is 24.2 Å². The van der Waals surface area contributed by atoms with Gasteiger partial charge < -0.3 is 24.8 Å². The van der Waals surface area contributed by atoms with Gasteiger partial charge >= 0.3 is 0 Å². The Morgan fingerprint density at radius 2 is 2.00 bits per heavy atom. The molecule has 2 aromatic rings. The van der Waals surface area contributed by atoms with Gasteiger partial charge in [-0.1, -0.05) is 19.1 Å². The van der Waals surface area contributed by atoms with E-state index in [1.807, 2.05) is 17.0 Å². The predicted molar refractivity (Wildman–Crippen MR) is 125 cm³/mol. The number of rotatable bonds is 12. The molecule has 2 N–H and O–H groups in total. The molecule has 32 heavy (non-hydrogen) atoms. The molecule has 2 heterocycles. The van der Waals surface area contributed by atoms with Crippen molar-refractivity contribution in [3.63, 3.8) is 0 Å². The zero-order chi connectivity index (χ0) is 22.6. The molecule has 174 valence electrons. The van der Waals surface area contributed by atoms with Gasteiger partial charge in [0.05, 0.1) is 7.11 Å². The summed E-state index contributed by atoms with van der Waals surface area (Å²) in [5.74, 6) is 2.90. The van der Waals surface area contributed by atoms with Crippen molar-refractivity contribution in [2.45, 2.75) is 45.6 Å². The highest BCUT2D eigenvalue weighted by Crippen LogP contribution is 2.11. The Hall–Kier alpha value is -3.10. The van der Waals surface area contributed by atoms with Crippen molar-refractivity contribution < 1.29 is 9.53 Å². The zero-order valence-electron chi connectivity index (χ0n) is 19.2. The van der Waals surface area contributed by atoms with Crippen molar-refractivity contribution >= 4 is 11.9 Å². The molecule has 1 amide bonds. The first-order valence-electron chi connectivity index (χ1n) is 11.5. The summed E-state index contributed by atoms with van der Waals surface area (Å²) < 4.78 is 7.28. The highest BCUT2D eigenvalue weighted by atomic mass is 16.5. The Balaban J connectivity index is 1.48. The lowest BCUT2D eigenvalue weighted by Gasteiger charge is -2.16. The Labute approximate surface area is 190 Å². The molecule has 9 heteroatoms. The second-order valence-electron chi connectivity index (χ2n) is 7.81. The van der Waals surface area contributed by atoms with Crippen LogP contribution < -0.4 is 15.4 Å². The van der Waals surface area contributed by atoms with E-state index in [-0.39, 0.29) is 5.91 Å². The van der Waals surface area contributed by atoms with E-state index in [2.05, 4.69) is 44.5 Å². The van der Waals surface area contributed by atoms with E-state index < -0.39 is 0 Å². The lowest BCUT2D eigenvalue weighted by atomic mass is 10.1. The fourth-order valence-electron chi connectivity index (χ4n) is 3.72. The smallest absolute Gasteiger partial charge is 0.222 e. The van der Waals surface area contributed by atoms with Gasteiger partial charge in [0.25, 0.3) is 0 Å².